The lowest BCUT2D eigenvalue weighted by Gasteiger charge is -2.22. The van der Waals surface area contributed by atoms with Crippen LogP contribution in [0.15, 0.2) is 24.3 Å². The second-order valence-corrected chi connectivity index (χ2v) is 4.88. The molecule has 1 aliphatic rings. The van der Waals surface area contributed by atoms with Crippen molar-refractivity contribution in [2.75, 3.05) is 18.5 Å². The lowest BCUT2D eigenvalue weighted by molar-refractivity contribution is 0.185. The van der Waals surface area contributed by atoms with Gasteiger partial charge in [0.25, 0.3) is 0 Å². The summed E-state index contributed by atoms with van der Waals surface area (Å²) in [6.45, 7) is 2.01. The van der Waals surface area contributed by atoms with Crippen LogP contribution in [-0.4, -0.2) is 40.3 Å². The predicted octanol–water partition coefficient (Wildman–Crippen LogP) is 1.73. The van der Waals surface area contributed by atoms with E-state index in [9.17, 15) is 9.90 Å². The highest BCUT2D eigenvalue weighted by atomic mass is 16.3. The molecule has 2 rings (SSSR count). The molecule has 5 nitrogen and oxygen atoms in total. The van der Waals surface area contributed by atoms with E-state index in [4.69, 9.17) is 5.11 Å². The van der Waals surface area contributed by atoms with Gasteiger partial charge in [-0.15, -0.1) is 0 Å². The van der Waals surface area contributed by atoms with Crippen molar-refractivity contribution in [3.63, 3.8) is 0 Å². The zero-order valence-corrected chi connectivity index (χ0v) is 11.0. The van der Waals surface area contributed by atoms with Gasteiger partial charge in [0, 0.05) is 18.3 Å². The highest BCUT2D eigenvalue weighted by molar-refractivity contribution is 5.89. The average Bonchev–Trinajstić information content (AvgIpc) is 3.20. The Hall–Kier alpha value is -1.59. The van der Waals surface area contributed by atoms with Crippen molar-refractivity contribution in [1.82, 2.24) is 4.90 Å². The number of benzene rings is 1. The zero-order chi connectivity index (χ0) is 13.8. The molecule has 0 bridgehead atoms. The Bertz CT molecular complexity index is 444. The van der Waals surface area contributed by atoms with Crippen molar-refractivity contribution >= 4 is 11.7 Å². The van der Waals surface area contributed by atoms with E-state index >= 15 is 0 Å². The summed E-state index contributed by atoms with van der Waals surface area (Å²) < 4.78 is 0. The Kier molecular flexibility index (Phi) is 4.39. The molecule has 0 aromatic heterocycles. The number of hydrogen-bond donors (Lipinski definition) is 3. The first-order chi connectivity index (χ1) is 9.11. The molecule has 3 N–H and O–H groups in total. The number of amides is 2. The molecule has 0 radical (unpaired) electrons. The highest BCUT2D eigenvalue weighted by Gasteiger charge is 2.32. The number of anilines is 1. The minimum absolute atomic E-state index is 0.0301. The lowest BCUT2D eigenvalue weighted by atomic mass is 10.1. The van der Waals surface area contributed by atoms with Crippen LogP contribution in [0.5, 0.6) is 0 Å². The molecule has 19 heavy (non-hydrogen) atoms. The van der Waals surface area contributed by atoms with Gasteiger partial charge in [-0.2, -0.15) is 0 Å². The molecule has 1 aliphatic carbocycles. The normalized spacial score (nSPS) is 15.9. The fourth-order valence-corrected chi connectivity index (χ4v) is 2.02. The molecule has 0 heterocycles. The third-order valence-electron chi connectivity index (χ3n) is 3.21. The number of hydrogen-bond acceptors (Lipinski definition) is 3. The first-order valence-corrected chi connectivity index (χ1v) is 6.58. The van der Waals surface area contributed by atoms with Crippen molar-refractivity contribution in [3.8, 4) is 0 Å². The summed E-state index contributed by atoms with van der Waals surface area (Å²) in [5.41, 5.74) is 1.42. The second-order valence-electron chi connectivity index (χ2n) is 4.88. The number of aliphatic hydroxyl groups excluding tert-OH is 2. The first-order valence-electron chi connectivity index (χ1n) is 6.58. The van der Waals surface area contributed by atoms with Crippen LogP contribution < -0.4 is 5.32 Å². The Labute approximate surface area is 112 Å². The molecule has 1 fully saturated rings. The number of carbonyl (C=O) groups excluding carboxylic acids is 1. The number of rotatable bonds is 5. The molecule has 0 spiro atoms. The third kappa shape index (κ3) is 3.68. The summed E-state index contributed by atoms with van der Waals surface area (Å²) in [6, 6.07) is 7.21. The number of nitrogens with zero attached hydrogens (tertiary/aromatic N) is 1. The molecule has 104 valence electrons. The van der Waals surface area contributed by atoms with Gasteiger partial charge >= 0.3 is 6.03 Å². The van der Waals surface area contributed by atoms with Crippen LogP contribution in [0.2, 0.25) is 0 Å². The molecular formula is C14H20N2O3. The van der Waals surface area contributed by atoms with E-state index in [1.807, 2.05) is 6.07 Å². The summed E-state index contributed by atoms with van der Waals surface area (Å²) in [6.07, 6.45) is 1.44. The standard InChI is InChI=1S/C14H20N2O3/c1-10(18)11-3-2-4-12(9-11)15-14(19)16(7-8-17)13-5-6-13/h2-4,9-10,13,17-18H,5-8H2,1H3,(H,15,19). The lowest BCUT2D eigenvalue weighted by Crippen LogP contribution is -2.38. The fraction of sp³-hybridized carbons (Fsp3) is 0.500. The van der Waals surface area contributed by atoms with E-state index in [2.05, 4.69) is 5.32 Å². The molecule has 0 aliphatic heterocycles. The first kappa shape index (κ1) is 13.8. The number of urea groups is 1. The highest BCUT2D eigenvalue weighted by Crippen LogP contribution is 2.27. The average molecular weight is 264 g/mol. The van der Waals surface area contributed by atoms with Crippen LogP contribution in [0.3, 0.4) is 0 Å². The molecule has 1 unspecified atom stereocenters. The smallest absolute Gasteiger partial charge is 0.322 e. The monoisotopic (exact) mass is 264 g/mol. The second kappa shape index (κ2) is 6.04. The quantitative estimate of drug-likeness (QED) is 0.758. The minimum atomic E-state index is -0.561. The van der Waals surface area contributed by atoms with Crippen molar-refractivity contribution in [2.24, 2.45) is 0 Å². The van der Waals surface area contributed by atoms with E-state index in [0.29, 0.717) is 12.2 Å². The molecule has 0 saturated heterocycles. The van der Waals surface area contributed by atoms with Gasteiger partial charge in [0.1, 0.15) is 0 Å². The van der Waals surface area contributed by atoms with Gasteiger partial charge in [-0.1, -0.05) is 12.1 Å². The van der Waals surface area contributed by atoms with E-state index in [-0.39, 0.29) is 18.7 Å². The van der Waals surface area contributed by atoms with E-state index in [0.717, 1.165) is 18.4 Å². The third-order valence-corrected chi connectivity index (χ3v) is 3.21. The molecule has 5 heteroatoms. The molecule has 1 saturated carbocycles. The largest absolute Gasteiger partial charge is 0.395 e. The van der Waals surface area contributed by atoms with Crippen LogP contribution >= 0.6 is 0 Å². The fourth-order valence-electron chi connectivity index (χ4n) is 2.02. The SMILES string of the molecule is CC(O)c1cccc(NC(=O)N(CCO)C2CC2)c1. The van der Waals surface area contributed by atoms with Gasteiger partial charge in [-0.3, -0.25) is 0 Å². The van der Waals surface area contributed by atoms with Gasteiger partial charge in [0.05, 0.1) is 12.7 Å². The number of carbonyl (C=O) groups is 1. The molecule has 1 atom stereocenters. The Balaban J connectivity index is 2.02. The summed E-state index contributed by atoms with van der Waals surface area (Å²) in [4.78, 5) is 13.8. The number of aliphatic hydroxyl groups is 2. The van der Waals surface area contributed by atoms with Crippen molar-refractivity contribution in [3.05, 3.63) is 29.8 Å². The Morgan fingerprint density at radius 1 is 1.53 bits per heavy atom. The summed E-state index contributed by atoms with van der Waals surface area (Å²) >= 11 is 0. The van der Waals surface area contributed by atoms with Crippen LogP contribution in [0.4, 0.5) is 10.5 Å². The Morgan fingerprint density at radius 2 is 2.26 bits per heavy atom. The molecule has 2 amide bonds. The van der Waals surface area contributed by atoms with Crippen LogP contribution in [0.25, 0.3) is 0 Å². The van der Waals surface area contributed by atoms with E-state index in [1.54, 1.807) is 30.0 Å². The zero-order valence-electron chi connectivity index (χ0n) is 11.0. The van der Waals surface area contributed by atoms with Crippen LogP contribution in [0, 0.1) is 0 Å². The number of nitrogens with one attached hydrogen (secondary N) is 1. The van der Waals surface area contributed by atoms with Gasteiger partial charge < -0.3 is 20.4 Å². The van der Waals surface area contributed by atoms with Gasteiger partial charge in [0.15, 0.2) is 0 Å². The predicted molar refractivity (Wildman–Crippen MR) is 72.9 cm³/mol. The molecule has 1 aromatic rings. The van der Waals surface area contributed by atoms with Crippen molar-refractivity contribution in [1.29, 1.82) is 0 Å². The van der Waals surface area contributed by atoms with E-state index in [1.165, 1.54) is 0 Å². The van der Waals surface area contributed by atoms with Gasteiger partial charge in [-0.25, -0.2) is 4.79 Å². The van der Waals surface area contributed by atoms with Crippen molar-refractivity contribution < 1.29 is 15.0 Å². The molecular weight excluding hydrogens is 244 g/mol. The maximum atomic E-state index is 12.1. The maximum Gasteiger partial charge on any atom is 0.322 e. The van der Waals surface area contributed by atoms with Gasteiger partial charge in [0.2, 0.25) is 0 Å². The molecule has 1 aromatic carbocycles. The summed E-state index contributed by atoms with van der Waals surface area (Å²) in [7, 11) is 0. The Morgan fingerprint density at radius 3 is 2.84 bits per heavy atom. The maximum absolute atomic E-state index is 12.1. The van der Waals surface area contributed by atoms with Crippen molar-refractivity contribution in [2.45, 2.75) is 31.9 Å². The summed E-state index contributed by atoms with van der Waals surface area (Å²) in [5, 5.41) is 21.3. The van der Waals surface area contributed by atoms with Gasteiger partial charge in [-0.05, 0) is 37.5 Å². The van der Waals surface area contributed by atoms with Crippen LogP contribution in [-0.2, 0) is 0 Å². The summed E-state index contributed by atoms with van der Waals surface area (Å²) in [5.74, 6) is 0. The van der Waals surface area contributed by atoms with E-state index < -0.39 is 6.10 Å². The minimum Gasteiger partial charge on any atom is -0.395 e. The topological polar surface area (TPSA) is 72.8 Å². The van der Waals surface area contributed by atoms with Crippen LogP contribution in [0.1, 0.15) is 31.4 Å².